The number of rotatable bonds is 9. The van der Waals surface area contributed by atoms with Gasteiger partial charge in [-0.1, -0.05) is 41.4 Å². The number of hydrogen-bond donors (Lipinski definition) is 1. The molecule has 2 rings (SSSR count). The number of carbonyl (C=O) groups is 2. The Hall–Kier alpha value is -2.29. The van der Waals surface area contributed by atoms with Gasteiger partial charge in [0, 0.05) is 22.6 Å². The second-order valence-electron chi connectivity index (χ2n) is 8.21. The Morgan fingerprint density at radius 3 is 2.27 bits per heavy atom. The lowest BCUT2D eigenvalue weighted by Gasteiger charge is -2.32. The lowest BCUT2D eigenvalue weighted by molar-refractivity contribution is -0.139. The summed E-state index contributed by atoms with van der Waals surface area (Å²) >= 11 is 12.3. The largest absolute Gasteiger partial charge is 0.352 e. The van der Waals surface area contributed by atoms with Crippen molar-refractivity contribution in [3.63, 3.8) is 0 Å². The van der Waals surface area contributed by atoms with Crippen LogP contribution >= 0.6 is 23.2 Å². The van der Waals surface area contributed by atoms with Crippen molar-refractivity contribution in [2.45, 2.75) is 46.3 Å². The molecule has 0 aliphatic rings. The second-order valence-corrected chi connectivity index (χ2v) is 11.0. The Morgan fingerprint density at radius 1 is 1.06 bits per heavy atom. The van der Waals surface area contributed by atoms with E-state index in [2.05, 4.69) is 5.32 Å². The number of anilines is 1. The van der Waals surface area contributed by atoms with Crippen LogP contribution < -0.4 is 9.62 Å². The molecule has 33 heavy (non-hydrogen) atoms. The van der Waals surface area contributed by atoms with E-state index in [1.807, 2.05) is 26.8 Å². The van der Waals surface area contributed by atoms with E-state index < -0.39 is 28.5 Å². The molecule has 0 aliphatic carbocycles. The second kappa shape index (κ2) is 11.2. The molecule has 0 aliphatic heterocycles. The molecule has 180 valence electrons. The monoisotopic (exact) mass is 513 g/mol. The van der Waals surface area contributed by atoms with Crippen molar-refractivity contribution in [2.24, 2.45) is 0 Å². The van der Waals surface area contributed by atoms with E-state index in [1.54, 1.807) is 43.3 Å². The molecule has 2 amide bonds. The maximum absolute atomic E-state index is 13.4. The molecular formula is C23H29Cl2N3O4S. The highest BCUT2D eigenvalue weighted by Gasteiger charge is 2.30. The SMILES string of the molecule is Cc1cccc(N(CC(=O)N(Cc2ccc(Cl)cc2Cl)[C@@H](C)C(=O)NC(C)C)S(C)(=O)=O)c1. The van der Waals surface area contributed by atoms with Crippen LogP contribution in [-0.4, -0.2) is 50.0 Å². The van der Waals surface area contributed by atoms with Crippen molar-refractivity contribution in [2.75, 3.05) is 17.1 Å². The third-order valence-electron chi connectivity index (χ3n) is 4.92. The Labute approximate surface area is 205 Å². The number of aryl methyl sites for hydroxylation is 1. The van der Waals surface area contributed by atoms with Crippen molar-refractivity contribution in [3.8, 4) is 0 Å². The molecule has 0 saturated heterocycles. The van der Waals surface area contributed by atoms with Crippen LogP contribution in [0.25, 0.3) is 0 Å². The fourth-order valence-electron chi connectivity index (χ4n) is 3.22. The van der Waals surface area contributed by atoms with E-state index >= 15 is 0 Å². The maximum Gasteiger partial charge on any atom is 0.244 e. The zero-order valence-electron chi connectivity index (χ0n) is 19.3. The normalized spacial score (nSPS) is 12.4. The van der Waals surface area contributed by atoms with E-state index in [0.717, 1.165) is 16.1 Å². The number of halogens is 2. The average Bonchev–Trinajstić information content (AvgIpc) is 2.69. The molecule has 10 heteroatoms. The first-order valence-electron chi connectivity index (χ1n) is 10.4. The Balaban J connectivity index is 2.42. The zero-order chi connectivity index (χ0) is 24.9. The zero-order valence-corrected chi connectivity index (χ0v) is 21.6. The number of carbonyl (C=O) groups excluding carboxylic acids is 2. The summed E-state index contributed by atoms with van der Waals surface area (Å²) in [5, 5.41) is 3.57. The molecule has 0 radical (unpaired) electrons. The third kappa shape index (κ3) is 7.62. The predicted octanol–water partition coefficient (Wildman–Crippen LogP) is 4.01. The van der Waals surface area contributed by atoms with Crippen LogP contribution in [0.4, 0.5) is 5.69 Å². The molecule has 7 nitrogen and oxygen atoms in total. The Bertz CT molecular complexity index is 1120. The number of nitrogens with zero attached hydrogens (tertiary/aromatic N) is 2. The average molecular weight is 514 g/mol. The number of benzene rings is 2. The van der Waals surface area contributed by atoms with Crippen LogP contribution in [0.1, 0.15) is 31.9 Å². The maximum atomic E-state index is 13.4. The molecule has 0 unspecified atom stereocenters. The number of sulfonamides is 1. The summed E-state index contributed by atoms with van der Waals surface area (Å²) in [6.45, 7) is 6.60. The quantitative estimate of drug-likeness (QED) is 0.548. The highest BCUT2D eigenvalue weighted by molar-refractivity contribution is 7.92. The molecule has 0 saturated carbocycles. The van der Waals surface area contributed by atoms with Crippen molar-refractivity contribution in [3.05, 3.63) is 63.6 Å². The number of nitrogens with one attached hydrogen (secondary N) is 1. The number of amides is 2. The van der Waals surface area contributed by atoms with Crippen LogP contribution in [0.3, 0.4) is 0 Å². The summed E-state index contributed by atoms with van der Waals surface area (Å²) in [5.41, 5.74) is 1.80. The molecule has 0 heterocycles. The first kappa shape index (κ1) is 27.0. The molecule has 1 atom stereocenters. The van der Waals surface area contributed by atoms with Gasteiger partial charge in [0.05, 0.1) is 11.9 Å². The fourth-order valence-corrected chi connectivity index (χ4v) is 4.53. The van der Waals surface area contributed by atoms with Gasteiger partial charge in [-0.15, -0.1) is 0 Å². The highest BCUT2D eigenvalue weighted by Crippen LogP contribution is 2.24. The molecule has 1 N–H and O–H groups in total. The standard InChI is InChI=1S/C23H29Cl2N3O4S/c1-15(2)26-23(30)17(4)27(13-18-9-10-19(24)12-21(18)25)22(29)14-28(33(5,31)32)20-8-6-7-16(3)11-20/h6-12,15,17H,13-14H2,1-5H3,(H,26,30)/t17-/m0/s1. The highest BCUT2D eigenvalue weighted by atomic mass is 35.5. The first-order valence-corrected chi connectivity index (χ1v) is 13.0. The lowest BCUT2D eigenvalue weighted by Crippen LogP contribution is -2.52. The molecule has 2 aromatic carbocycles. The minimum atomic E-state index is -3.77. The van der Waals surface area contributed by atoms with E-state index in [0.29, 0.717) is 21.3 Å². The molecule has 0 bridgehead atoms. The van der Waals surface area contributed by atoms with E-state index in [1.165, 1.54) is 4.90 Å². The van der Waals surface area contributed by atoms with Crippen molar-refractivity contribution in [1.82, 2.24) is 10.2 Å². The first-order chi connectivity index (χ1) is 15.3. The van der Waals surface area contributed by atoms with E-state index in [-0.39, 0.29) is 18.5 Å². The predicted molar refractivity (Wildman–Crippen MR) is 133 cm³/mol. The van der Waals surface area contributed by atoms with Gasteiger partial charge in [-0.3, -0.25) is 13.9 Å². The van der Waals surface area contributed by atoms with Crippen LogP contribution in [-0.2, 0) is 26.2 Å². The third-order valence-corrected chi connectivity index (χ3v) is 6.65. The van der Waals surface area contributed by atoms with Gasteiger partial charge in [0.2, 0.25) is 21.8 Å². The summed E-state index contributed by atoms with van der Waals surface area (Å²) in [4.78, 5) is 27.5. The Morgan fingerprint density at radius 2 is 1.73 bits per heavy atom. The smallest absolute Gasteiger partial charge is 0.244 e. The summed E-state index contributed by atoms with van der Waals surface area (Å²) in [7, 11) is -3.77. The minimum Gasteiger partial charge on any atom is -0.352 e. The van der Waals surface area contributed by atoms with Gasteiger partial charge in [0.1, 0.15) is 12.6 Å². The topological polar surface area (TPSA) is 86.8 Å². The van der Waals surface area contributed by atoms with E-state index in [4.69, 9.17) is 23.2 Å². The minimum absolute atomic E-state index is 0.00688. The van der Waals surface area contributed by atoms with Crippen LogP contribution in [0.5, 0.6) is 0 Å². The molecule has 0 aromatic heterocycles. The Kier molecular flexibility index (Phi) is 9.17. The van der Waals surface area contributed by atoms with Gasteiger partial charge in [0.15, 0.2) is 0 Å². The van der Waals surface area contributed by atoms with Crippen LogP contribution in [0.15, 0.2) is 42.5 Å². The van der Waals surface area contributed by atoms with Crippen molar-refractivity contribution >= 4 is 50.7 Å². The summed E-state index contributed by atoms with van der Waals surface area (Å²) < 4.78 is 26.1. The van der Waals surface area contributed by atoms with E-state index in [9.17, 15) is 18.0 Å². The van der Waals surface area contributed by atoms with Crippen LogP contribution in [0, 0.1) is 6.92 Å². The lowest BCUT2D eigenvalue weighted by atomic mass is 10.1. The summed E-state index contributed by atoms with van der Waals surface area (Å²) in [6, 6.07) is 10.7. The molecular weight excluding hydrogens is 485 g/mol. The van der Waals surface area contributed by atoms with Gasteiger partial charge in [-0.2, -0.15) is 0 Å². The summed E-state index contributed by atoms with van der Waals surface area (Å²) in [6.07, 6.45) is 1.04. The molecule has 0 spiro atoms. The summed E-state index contributed by atoms with van der Waals surface area (Å²) in [5.74, 6) is -0.899. The van der Waals surface area contributed by atoms with Gasteiger partial charge in [-0.25, -0.2) is 8.42 Å². The molecule has 2 aromatic rings. The van der Waals surface area contributed by atoms with Gasteiger partial charge >= 0.3 is 0 Å². The number of hydrogen-bond acceptors (Lipinski definition) is 4. The van der Waals surface area contributed by atoms with Gasteiger partial charge in [0.25, 0.3) is 0 Å². The molecule has 0 fully saturated rings. The van der Waals surface area contributed by atoms with Gasteiger partial charge in [-0.05, 0) is 63.1 Å². The van der Waals surface area contributed by atoms with Crippen molar-refractivity contribution in [1.29, 1.82) is 0 Å². The van der Waals surface area contributed by atoms with Crippen LogP contribution in [0.2, 0.25) is 10.0 Å². The van der Waals surface area contributed by atoms with Crippen molar-refractivity contribution < 1.29 is 18.0 Å². The van der Waals surface area contributed by atoms with Gasteiger partial charge < -0.3 is 10.2 Å². The fraction of sp³-hybridized carbons (Fsp3) is 0.391.